The van der Waals surface area contributed by atoms with Gasteiger partial charge in [0.2, 0.25) is 0 Å². The van der Waals surface area contributed by atoms with E-state index in [1.54, 1.807) is 20.8 Å². The Bertz CT molecular complexity index is 321. The van der Waals surface area contributed by atoms with Crippen LogP contribution in [-0.4, -0.2) is 22.6 Å². The van der Waals surface area contributed by atoms with Crippen molar-refractivity contribution in [3.05, 3.63) is 11.6 Å². The molecule has 0 radical (unpaired) electrons. The molecule has 0 saturated heterocycles. The summed E-state index contributed by atoms with van der Waals surface area (Å²) in [6.07, 6.45) is 3.14. The van der Waals surface area contributed by atoms with Crippen LogP contribution in [0.4, 0.5) is 0 Å². The summed E-state index contributed by atoms with van der Waals surface area (Å²) < 4.78 is 5.19. The van der Waals surface area contributed by atoms with Crippen LogP contribution in [0.15, 0.2) is 11.6 Å². The van der Waals surface area contributed by atoms with Crippen LogP contribution < -0.4 is 0 Å². The third-order valence-corrected chi connectivity index (χ3v) is 2.19. The number of hydrogen-bond acceptors (Lipinski definition) is 3. The van der Waals surface area contributed by atoms with Crippen molar-refractivity contribution in [1.82, 2.24) is 0 Å². The highest BCUT2D eigenvalue weighted by molar-refractivity contribution is 5.95. The van der Waals surface area contributed by atoms with Gasteiger partial charge in [-0.05, 0) is 39.5 Å². The topological polar surface area (TPSA) is 63.6 Å². The predicted molar refractivity (Wildman–Crippen MR) is 70.3 cm³/mol. The van der Waals surface area contributed by atoms with Gasteiger partial charge in [-0.3, -0.25) is 0 Å². The molecule has 0 heterocycles. The molecular weight excluding hydrogens is 232 g/mol. The molecule has 18 heavy (non-hydrogen) atoms. The van der Waals surface area contributed by atoms with E-state index in [4.69, 9.17) is 9.84 Å². The minimum Gasteiger partial charge on any atom is -0.478 e. The van der Waals surface area contributed by atoms with E-state index in [9.17, 15) is 9.59 Å². The molecule has 0 aromatic carbocycles. The average molecular weight is 256 g/mol. The molecule has 1 N–H and O–H groups in total. The van der Waals surface area contributed by atoms with Crippen molar-refractivity contribution in [3.8, 4) is 0 Å². The average Bonchev–Trinajstić information content (AvgIpc) is 2.12. The van der Waals surface area contributed by atoms with Crippen LogP contribution in [0, 0.1) is 5.92 Å². The summed E-state index contributed by atoms with van der Waals surface area (Å²) in [5.41, 5.74) is -0.370. The van der Waals surface area contributed by atoms with Crippen molar-refractivity contribution >= 4 is 11.9 Å². The van der Waals surface area contributed by atoms with Gasteiger partial charge in [0.1, 0.15) is 5.60 Å². The molecule has 0 atom stereocenters. The molecule has 0 saturated carbocycles. The molecule has 4 nitrogen and oxygen atoms in total. The van der Waals surface area contributed by atoms with Crippen molar-refractivity contribution < 1.29 is 19.4 Å². The zero-order chi connectivity index (χ0) is 14.3. The zero-order valence-electron chi connectivity index (χ0n) is 11.9. The highest BCUT2D eigenvalue weighted by Gasteiger charge is 2.20. The zero-order valence-corrected chi connectivity index (χ0v) is 11.9. The second-order valence-electron chi connectivity index (χ2n) is 5.80. The van der Waals surface area contributed by atoms with Gasteiger partial charge < -0.3 is 9.84 Å². The second-order valence-corrected chi connectivity index (χ2v) is 5.80. The van der Waals surface area contributed by atoms with Crippen LogP contribution in [0.1, 0.15) is 53.9 Å². The second kappa shape index (κ2) is 7.19. The monoisotopic (exact) mass is 256 g/mol. The number of esters is 1. The van der Waals surface area contributed by atoms with Gasteiger partial charge in [-0.15, -0.1) is 0 Å². The van der Waals surface area contributed by atoms with E-state index in [0.29, 0.717) is 12.3 Å². The standard InChI is InChI=1S/C14H24O4/c1-10(2)7-6-8-11(9-12(15)16)13(17)18-14(3,4)5/h9-10H,6-8H2,1-5H3,(H,15,16). The molecule has 0 aromatic heterocycles. The van der Waals surface area contributed by atoms with Crippen LogP contribution >= 0.6 is 0 Å². The number of hydrogen-bond donors (Lipinski definition) is 1. The summed E-state index contributed by atoms with van der Waals surface area (Å²) in [4.78, 5) is 22.5. The van der Waals surface area contributed by atoms with Crippen molar-refractivity contribution in [2.24, 2.45) is 5.92 Å². The van der Waals surface area contributed by atoms with Crippen LogP contribution in [0.25, 0.3) is 0 Å². The largest absolute Gasteiger partial charge is 0.478 e. The van der Waals surface area contributed by atoms with Crippen LogP contribution in [0.5, 0.6) is 0 Å². The molecular formula is C14H24O4. The summed E-state index contributed by atoms with van der Waals surface area (Å²) >= 11 is 0. The SMILES string of the molecule is CC(C)CCCC(=CC(=O)O)C(=O)OC(C)(C)C. The molecule has 0 aliphatic rings. The maximum absolute atomic E-state index is 11.8. The molecule has 0 unspecified atom stereocenters. The quantitative estimate of drug-likeness (QED) is 0.585. The highest BCUT2D eigenvalue weighted by Crippen LogP contribution is 2.17. The minimum absolute atomic E-state index is 0.234. The molecule has 0 amide bonds. The third kappa shape index (κ3) is 8.79. The van der Waals surface area contributed by atoms with Gasteiger partial charge >= 0.3 is 11.9 Å². The first-order valence-corrected chi connectivity index (χ1v) is 6.28. The lowest BCUT2D eigenvalue weighted by molar-refractivity contribution is -0.150. The third-order valence-electron chi connectivity index (χ3n) is 2.19. The maximum Gasteiger partial charge on any atom is 0.334 e. The Balaban J connectivity index is 4.60. The van der Waals surface area contributed by atoms with Crippen LogP contribution in [0.3, 0.4) is 0 Å². The Morgan fingerprint density at radius 3 is 2.22 bits per heavy atom. The summed E-state index contributed by atoms with van der Waals surface area (Å²) in [7, 11) is 0. The molecule has 0 aliphatic carbocycles. The Morgan fingerprint density at radius 2 is 1.83 bits per heavy atom. The lowest BCUT2D eigenvalue weighted by atomic mass is 10.0. The first-order valence-electron chi connectivity index (χ1n) is 6.28. The van der Waals surface area contributed by atoms with Crippen LogP contribution in [-0.2, 0) is 14.3 Å². The van der Waals surface area contributed by atoms with E-state index in [2.05, 4.69) is 13.8 Å². The smallest absolute Gasteiger partial charge is 0.334 e. The van der Waals surface area contributed by atoms with Crippen molar-refractivity contribution in [2.75, 3.05) is 0 Å². The molecule has 0 rings (SSSR count). The lowest BCUT2D eigenvalue weighted by Crippen LogP contribution is -2.25. The van der Waals surface area contributed by atoms with E-state index in [1.807, 2.05) is 0 Å². The van der Waals surface area contributed by atoms with Crippen molar-refractivity contribution in [1.29, 1.82) is 0 Å². The van der Waals surface area contributed by atoms with Gasteiger partial charge in [0.15, 0.2) is 0 Å². The molecule has 0 aliphatic heterocycles. The molecule has 4 heteroatoms. The van der Waals surface area contributed by atoms with E-state index < -0.39 is 17.5 Å². The van der Waals surface area contributed by atoms with Gasteiger partial charge in [-0.25, -0.2) is 9.59 Å². The number of ether oxygens (including phenoxy) is 1. The molecule has 0 fully saturated rings. The maximum atomic E-state index is 11.8. The van der Waals surface area contributed by atoms with Gasteiger partial charge in [0.05, 0.1) is 0 Å². The number of carboxylic acids is 1. The first kappa shape index (κ1) is 16.7. The Morgan fingerprint density at radius 1 is 1.28 bits per heavy atom. The summed E-state index contributed by atoms with van der Waals surface area (Å²) in [5, 5.41) is 8.76. The first-order chi connectivity index (χ1) is 8.11. The van der Waals surface area contributed by atoms with E-state index >= 15 is 0 Å². The number of carbonyl (C=O) groups is 2. The predicted octanol–water partition coefficient (Wildman–Crippen LogP) is 3.17. The van der Waals surface area contributed by atoms with Gasteiger partial charge in [-0.2, -0.15) is 0 Å². The molecule has 0 aromatic rings. The van der Waals surface area contributed by atoms with Crippen molar-refractivity contribution in [2.45, 2.75) is 59.5 Å². The highest BCUT2D eigenvalue weighted by atomic mass is 16.6. The Hall–Kier alpha value is -1.32. The van der Waals surface area contributed by atoms with Gasteiger partial charge in [0, 0.05) is 11.6 Å². The van der Waals surface area contributed by atoms with Gasteiger partial charge in [-0.1, -0.05) is 20.3 Å². The summed E-state index contributed by atoms with van der Waals surface area (Å²) in [6.45, 7) is 9.47. The molecule has 0 bridgehead atoms. The molecule has 104 valence electrons. The number of aliphatic carboxylic acids is 1. The fourth-order valence-electron chi connectivity index (χ4n) is 1.43. The number of carbonyl (C=O) groups excluding carboxylic acids is 1. The Labute approximate surface area is 109 Å². The molecule has 0 spiro atoms. The normalized spacial score (nSPS) is 12.7. The van der Waals surface area contributed by atoms with Crippen LogP contribution in [0.2, 0.25) is 0 Å². The summed E-state index contributed by atoms with van der Waals surface area (Å²) in [6, 6.07) is 0. The van der Waals surface area contributed by atoms with Crippen molar-refractivity contribution in [3.63, 3.8) is 0 Å². The van der Waals surface area contributed by atoms with E-state index in [1.165, 1.54) is 0 Å². The van der Waals surface area contributed by atoms with Gasteiger partial charge in [0.25, 0.3) is 0 Å². The van der Waals surface area contributed by atoms with E-state index in [0.717, 1.165) is 18.9 Å². The number of carboxylic acid groups (broad SMARTS) is 1. The van der Waals surface area contributed by atoms with E-state index in [-0.39, 0.29) is 5.57 Å². The minimum atomic E-state index is -1.11. The fourth-order valence-corrected chi connectivity index (χ4v) is 1.43. The Kier molecular flexibility index (Phi) is 6.66. The fraction of sp³-hybridized carbons (Fsp3) is 0.714. The lowest BCUT2D eigenvalue weighted by Gasteiger charge is -2.20. The summed E-state index contributed by atoms with van der Waals surface area (Å²) in [5.74, 6) is -1.11. The number of rotatable bonds is 6.